The number of phosphoric ester groups is 1. The van der Waals surface area contributed by atoms with Crippen molar-refractivity contribution in [3.05, 3.63) is 97.2 Å². The zero-order chi connectivity index (χ0) is 59.8. The Hall–Kier alpha value is -3.07. The van der Waals surface area contributed by atoms with Crippen molar-refractivity contribution >= 4 is 19.8 Å². The van der Waals surface area contributed by atoms with Crippen molar-refractivity contribution < 1.29 is 42.1 Å². The number of carbonyl (C=O) groups excluding carboxylic acids is 2. The first-order valence-electron chi connectivity index (χ1n) is 33.9. The third kappa shape index (κ3) is 66.1. The fourth-order valence-corrected chi connectivity index (χ4v) is 10.2. The minimum atomic E-state index is -4.64. The van der Waals surface area contributed by atoms with Gasteiger partial charge >= 0.3 is 11.9 Å². The van der Waals surface area contributed by atoms with Crippen molar-refractivity contribution in [2.45, 2.75) is 302 Å². The summed E-state index contributed by atoms with van der Waals surface area (Å²) >= 11 is 0. The normalized spacial score (nSPS) is 13.8. The number of allylic oxidation sites excluding steroid dienone is 16. The number of quaternary nitrogens is 1. The van der Waals surface area contributed by atoms with Crippen molar-refractivity contribution in [3.63, 3.8) is 0 Å². The Kier molecular flexibility index (Phi) is 60.1. The molecule has 0 aromatic carbocycles. The summed E-state index contributed by atoms with van der Waals surface area (Å²) in [6, 6.07) is 0. The van der Waals surface area contributed by atoms with Crippen LogP contribution in [0.15, 0.2) is 97.2 Å². The number of ether oxygens (including phenoxy) is 2. The van der Waals surface area contributed by atoms with Gasteiger partial charge in [0.2, 0.25) is 0 Å². The third-order valence-corrected chi connectivity index (χ3v) is 15.6. The minimum absolute atomic E-state index is 0.0311. The molecule has 0 fully saturated rings. The number of carbonyl (C=O) groups is 2. The number of phosphoric acid groups is 1. The Morgan fingerprint density at radius 1 is 0.390 bits per heavy atom. The molecular weight excluding hydrogens is 1040 g/mol. The predicted octanol–water partition coefficient (Wildman–Crippen LogP) is 21.3. The van der Waals surface area contributed by atoms with E-state index in [0.29, 0.717) is 17.4 Å². The Bertz CT molecular complexity index is 1710. The lowest BCUT2D eigenvalue weighted by atomic mass is 10.0. The summed E-state index contributed by atoms with van der Waals surface area (Å²) in [5.74, 6) is -0.822. The van der Waals surface area contributed by atoms with Gasteiger partial charge in [0.15, 0.2) is 6.10 Å². The smallest absolute Gasteiger partial charge is 0.306 e. The lowest BCUT2D eigenvalue weighted by Gasteiger charge is -2.28. The second-order valence-corrected chi connectivity index (χ2v) is 25.2. The second-order valence-electron chi connectivity index (χ2n) is 23.8. The molecule has 0 aliphatic rings. The summed E-state index contributed by atoms with van der Waals surface area (Å²) in [5, 5.41) is 0. The number of rotatable bonds is 62. The predicted molar refractivity (Wildman–Crippen MR) is 351 cm³/mol. The quantitative estimate of drug-likeness (QED) is 0.0195. The van der Waals surface area contributed by atoms with Crippen molar-refractivity contribution in [2.75, 3.05) is 47.5 Å². The molecule has 0 aliphatic carbocycles. The monoisotopic (exact) mass is 1170 g/mol. The highest BCUT2D eigenvalue weighted by Crippen LogP contribution is 2.38. The van der Waals surface area contributed by atoms with Crippen LogP contribution in [0.25, 0.3) is 0 Å². The first-order valence-corrected chi connectivity index (χ1v) is 35.4. The first-order chi connectivity index (χ1) is 40.0. The maximum Gasteiger partial charge on any atom is 0.306 e. The zero-order valence-electron chi connectivity index (χ0n) is 53.9. The van der Waals surface area contributed by atoms with Crippen LogP contribution in [0, 0.1) is 0 Å². The average Bonchev–Trinajstić information content (AvgIpc) is 3.45. The summed E-state index contributed by atoms with van der Waals surface area (Å²) in [6.07, 6.45) is 86.3. The van der Waals surface area contributed by atoms with Gasteiger partial charge in [-0.25, -0.2) is 0 Å². The molecule has 0 saturated carbocycles. The van der Waals surface area contributed by atoms with Crippen molar-refractivity contribution in [1.82, 2.24) is 0 Å². The molecule has 0 aliphatic heterocycles. The number of nitrogens with zero attached hydrogens (tertiary/aromatic N) is 1. The van der Waals surface area contributed by atoms with Gasteiger partial charge in [-0.2, -0.15) is 0 Å². The average molecular weight is 1170 g/mol. The molecule has 0 aromatic heterocycles. The molecule has 0 saturated heterocycles. The van der Waals surface area contributed by atoms with Crippen molar-refractivity contribution in [1.29, 1.82) is 0 Å². The molecule has 82 heavy (non-hydrogen) atoms. The van der Waals surface area contributed by atoms with Crippen LogP contribution in [-0.4, -0.2) is 70.0 Å². The molecule has 0 bridgehead atoms. The van der Waals surface area contributed by atoms with E-state index in [0.717, 1.165) is 89.9 Å². The lowest BCUT2D eigenvalue weighted by molar-refractivity contribution is -0.870. The van der Waals surface area contributed by atoms with Gasteiger partial charge in [0, 0.05) is 12.8 Å². The van der Waals surface area contributed by atoms with E-state index in [-0.39, 0.29) is 32.0 Å². The Morgan fingerprint density at radius 2 is 0.695 bits per heavy atom. The third-order valence-electron chi connectivity index (χ3n) is 14.6. The lowest BCUT2D eigenvalue weighted by Crippen LogP contribution is -2.37. The zero-order valence-corrected chi connectivity index (χ0v) is 54.8. The van der Waals surface area contributed by atoms with Gasteiger partial charge in [-0.05, 0) is 77.0 Å². The van der Waals surface area contributed by atoms with Crippen LogP contribution >= 0.6 is 7.82 Å². The maximum absolute atomic E-state index is 12.8. The fraction of sp³-hybridized carbons (Fsp3) is 0.750. The van der Waals surface area contributed by atoms with Gasteiger partial charge in [-0.3, -0.25) is 14.2 Å². The van der Waals surface area contributed by atoms with E-state index in [1.165, 1.54) is 173 Å². The van der Waals surface area contributed by atoms with Crippen molar-refractivity contribution in [2.24, 2.45) is 0 Å². The Balaban J connectivity index is 3.98. The molecule has 0 radical (unpaired) electrons. The number of unbranched alkanes of at least 4 members (excludes halogenated alkanes) is 32. The Morgan fingerprint density at radius 3 is 1.04 bits per heavy atom. The van der Waals surface area contributed by atoms with E-state index in [2.05, 4.69) is 111 Å². The van der Waals surface area contributed by atoms with Crippen LogP contribution in [-0.2, 0) is 32.7 Å². The van der Waals surface area contributed by atoms with Gasteiger partial charge in [-0.1, -0.05) is 304 Å². The van der Waals surface area contributed by atoms with Crippen LogP contribution in [0.1, 0.15) is 296 Å². The second kappa shape index (κ2) is 62.5. The van der Waals surface area contributed by atoms with E-state index in [4.69, 9.17) is 18.5 Å². The molecular formula is C72H128NO8P. The SMILES string of the molecule is CC/C=C\C/C=C\C/C=C\C/C=C\C/C=C\C/C=C\C/C=C\C/C=C\CCCCCCCCCCCCCCCCCCC(=O)OC(COC(=O)CCCCCCCCCCCCCCCCCCC)COP(=O)([O-])OCC[N+](C)(C)C. The molecule has 2 unspecified atom stereocenters. The van der Waals surface area contributed by atoms with Crippen LogP contribution in [0.5, 0.6) is 0 Å². The molecule has 474 valence electrons. The van der Waals surface area contributed by atoms with E-state index in [1.54, 1.807) is 0 Å². The van der Waals surface area contributed by atoms with E-state index in [9.17, 15) is 19.0 Å². The van der Waals surface area contributed by atoms with Gasteiger partial charge in [-0.15, -0.1) is 0 Å². The number of hydrogen-bond donors (Lipinski definition) is 0. The van der Waals surface area contributed by atoms with Crippen LogP contribution < -0.4 is 4.89 Å². The molecule has 0 N–H and O–H groups in total. The van der Waals surface area contributed by atoms with E-state index in [1.807, 2.05) is 21.1 Å². The van der Waals surface area contributed by atoms with E-state index < -0.39 is 26.5 Å². The molecule has 0 rings (SSSR count). The summed E-state index contributed by atoms with van der Waals surface area (Å²) in [7, 11) is 1.17. The molecule has 0 spiro atoms. The molecule has 9 nitrogen and oxygen atoms in total. The van der Waals surface area contributed by atoms with Crippen molar-refractivity contribution in [3.8, 4) is 0 Å². The number of likely N-dealkylation sites (N-methyl/N-ethyl adjacent to an activating group) is 1. The van der Waals surface area contributed by atoms with Crippen LogP contribution in [0.3, 0.4) is 0 Å². The van der Waals surface area contributed by atoms with Crippen LogP contribution in [0.2, 0.25) is 0 Å². The summed E-state index contributed by atoms with van der Waals surface area (Å²) < 4.78 is 34.2. The molecule has 2 atom stereocenters. The highest BCUT2D eigenvalue weighted by molar-refractivity contribution is 7.45. The molecule has 0 amide bonds. The highest BCUT2D eigenvalue weighted by Gasteiger charge is 2.22. The standard InChI is InChI=1S/C72H128NO8P/c1-6-8-10-12-14-16-18-20-22-24-25-26-27-28-29-30-31-32-33-34-35-36-37-38-39-40-41-42-43-44-45-46-47-49-51-53-55-57-59-61-63-65-72(75)81-70(69-80-82(76,77)79-67-66-73(3,4)5)68-78-71(74)64-62-60-58-56-54-52-50-48-23-21-19-17-15-13-11-9-7-2/h8,10,14,16,20,22,25-26,28-29,31-32,34-35,37-38,70H,6-7,9,11-13,15,17-19,21,23-24,27,30,33,36,39-69H2,1-5H3/b10-8-,16-14-,22-20-,26-25-,29-28-,32-31-,35-34-,38-37-. The Labute approximate surface area is 506 Å². The molecule has 0 heterocycles. The highest BCUT2D eigenvalue weighted by atomic mass is 31.2. The topological polar surface area (TPSA) is 111 Å². The fourth-order valence-electron chi connectivity index (χ4n) is 9.44. The first kappa shape index (κ1) is 78.9. The van der Waals surface area contributed by atoms with Gasteiger partial charge in [0.1, 0.15) is 19.8 Å². The summed E-state index contributed by atoms with van der Waals surface area (Å²) in [4.78, 5) is 38.0. The minimum Gasteiger partial charge on any atom is -0.756 e. The number of hydrogen-bond acceptors (Lipinski definition) is 8. The molecule has 10 heteroatoms. The van der Waals surface area contributed by atoms with Gasteiger partial charge < -0.3 is 27.9 Å². The van der Waals surface area contributed by atoms with Gasteiger partial charge in [0.05, 0.1) is 27.7 Å². The van der Waals surface area contributed by atoms with Gasteiger partial charge in [0.25, 0.3) is 7.82 Å². The van der Waals surface area contributed by atoms with E-state index >= 15 is 0 Å². The largest absolute Gasteiger partial charge is 0.756 e. The summed E-state index contributed by atoms with van der Waals surface area (Å²) in [6.45, 7) is 4.16. The summed E-state index contributed by atoms with van der Waals surface area (Å²) in [5.41, 5.74) is 0. The molecule has 0 aromatic rings. The maximum atomic E-state index is 12.8. The number of esters is 2. The van der Waals surface area contributed by atoms with Crippen LogP contribution in [0.4, 0.5) is 0 Å².